The van der Waals surface area contributed by atoms with E-state index >= 15 is 0 Å². The third-order valence-electron chi connectivity index (χ3n) is 2.68. The molecule has 0 aromatic carbocycles. The molecule has 78 valence electrons. The first-order valence-corrected chi connectivity index (χ1v) is 4.81. The van der Waals surface area contributed by atoms with Crippen LogP contribution in [0.25, 0.3) is 0 Å². The van der Waals surface area contributed by atoms with Gasteiger partial charge in [-0.15, -0.1) is 0 Å². The molecule has 1 nitrogen and oxygen atoms in total. The minimum absolute atomic E-state index is 0.756. The van der Waals surface area contributed by atoms with Crippen LogP contribution in [-0.4, -0.2) is 12.2 Å². The Morgan fingerprint density at radius 3 is 2.64 bits per heavy atom. The first-order valence-electron chi connectivity index (χ1n) is 4.81. The second-order valence-corrected chi connectivity index (χ2v) is 3.73. The third-order valence-corrected chi connectivity index (χ3v) is 2.68. The second kappa shape index (κ2) is 3.33. The highest BCUT2D eigenvalue weighted by atomic mass is 19.4. The van der Waals surface area contributed by atoms with Crippen molar-refractivity contribution in [2.24, 2.45) is 0 Å². The maximum Gasteiger partial charge on any atom is 0.412 e. The van der Waals surface area contributed by atoms with Crippen molar-refractivity contribution >= 4 is 0 Å². The van der Waals surface area contributed by atoms with E-state index < -0.39 is 12.2 Å². The van der Waals surface area contributed by atoms with Gasteiger partial charge in [0, 0.05) is 5.70 Å². The van der Waals surface area contributed by atoms with Crippen molar-refractivity contribution in [1.29, 1.82) is 0 Å². The highest BCUT2D eigenvalue weighted by Crippen LogP contribution is 2.31. The van der Waals surface area contributed by atoms with E-state index in [0.717, 1.165) is 37.0 Å². The number of alkyl halides is 3. The molecule has 0 radical (unpaired) electrons. The summed E-state index contributed by atoms with van der Waals surface area (Å²) in [6.07, 6.45) is 2.40. The van der Waals surface area contributed by atoms with Crippen LogP contribution in [-0.2, 0) is 0 Å². The van der Waals surface area contributed by atoms with Crippen LogP contribution in [0.4, 0.5) is 13.2 Å². The highest BCUT2D eigenvalue weighted by molar-refractivity contribution is 5.32. The summed E-state index contributed by atoms with van der Waals surface area (Å²) in [5, 5.41) is 2.56. The molecule has 0 bridgehead atoms. The zero-order chi connectivity index (χ0) is 10.2. The molecule has 0 amide bonds. The smallest absolute Gasteiger partial charge is 0.374 e. The number of halogens is 3. The van der Waals surface area contributed by atoms with Crippen LogP contribution >= 0.6 is 0 Å². The topological polar surface area (TPSA) is 12.0 Å². The molecule has 0 saturated heterocycles. The highest BCUT2D eigenvalue weighted by Gasteiger charge is 2.39. The monoisotopic (exact) mass is 203 g/mol. The zero-order valence-corrected chi connectivity index (χ0v) is 7.69. The third kappa shape index (κ3) is 1.79. The Hall–Kier alpha value is -0.930. The molecule has 2 aliphatic rings. The van der Waals surface area contributed by atoms with E-state index in [0.29, 0.717) is 0 Å². The Labute approximate surface area is 80.7 Å². The zero-order valence-electron chi connectivity index (χ0n) is 7.69. The Bertz CT molecular complexity index is 288. The van der Waals surface area contributed by atoms with Crippen molar-refractivity contribution in [2.45, 2.75) is 37.9 Å². The summed E-state index contributed by atoms with van der Waals surface area (Å²) in [5.41, 5.74) is 1.85. The lowest BCUT2D eigenvalue weighted by atomic mass is 9.92. The SMILES string of the molecule is FC(F)(F)C1C=CC2=C(CCCC2)N1. The Morgan fingerprint density at radius 2 is 1.93 bits per heavy atom. The van der Waals surface area contributed by atoms with Crippen molar-refractivity contribution in [3.05, 3.63) is 23.4 Å². The first kappa shape index (κ1) is 9.62. The molecule has 2 rings (SSSR count). The predicted molar refractivity (Wildman–Crippen MR) is 47.6 cm³/mol. The van der Waals surface area contributed by atoms with Crippen LogP contribution in [0.1, 0.15) is 25.7 Å². The molecular weight excluding hydrogens is 191 g/mol. The average Bonchev–Trinajstić information content (AvgIpc) is 2.16. The van der Waals surface area contributed by atoms with Crippen molar-refractivity contribution in [3.8, 4) is 0 Å². The van der Waals surface area contributed by atoms with E-state index in [1.54, 1.807) is 6.08 Å². The van der Waals surface area contributed by atoms with Crippen molar-refractivity contribution < 1.29 is 13.2 Å². The normalized spacial score (nSPS) is 27.2. The molecule has 1 N–H and O–H groups in total. The second-order valence-electron chi connectivity index (χ2n) is 3.73. The van der Waals surface area contributed by atoms with Gasteiger partial charge in [0.15, 0.2) is 0 Å². The van der Waals surface area contributed by atoms with Crippen LogP contribution in [0.5, 0.6) is 0 Å². The van der Waals surface area contributed by atoms with Gasteiger partial charge in [0.25, 0.3) is 0 Å². The van der Waals surface area contributed by atoms with Gasteiger partial charge >= 0.3 is 6.18 Å². The van der Waals surface area contributed by atoms with E-state index in [9.17, 15) is 13.2 Å². The molecular formula is C10H12F3N. The van der Waals surface area contributed by atoms with Crippen molar-refractivity contribution in [3.63, 3.8) is 0 Å². The largest absolute Gasteiger partial charge is 0.412 e. The number of allylic oxidation sites excluding steroid dienone is 3. The fraction of sp³-hybridized carbons (Fsp3) is 0.600. The molecule has 1 aliphatic heterocycles. The fourth-order valence-electron chi connectivity index (χ4n) is 1.92. The van der Waals surface area contributed by atoms with E-state index in [2.05, 4.69) is 5.32 Å². The average molecular weight is 203 g/mol. The number of hydrogen-bond acceptors (Lipinski definition) is 1. The Balaban J connectivity index is 2.14. The molecule has 1 unspecified atom stereocenters. The molecule has 1 aliphatic carbocycles. The number of dihydropyridines is 1. The molecule has 0 aromatic heterocycles. The molecule has 1 atom stereocenters. The summed E-state index contributed by atoms with van der Waals surface area (Å²) in [5.74, 6) is 0. The van der Waals surface area contributed by atoms with Crippen molar-refractivity contribution in [1.82, 2.24) is 5.32 Å². The first-order chi connectivity index (χ1) is 6.57. The van der Waals surface area contributed by atoms with Gasteiger partial charge in [-0.1, -0.05) is 12.2 Å². The van der Waals surface area contributed by atoms with Crippen LogP contribution in [0.2, 0.25) is 0 Å². The summed E-state index contributed by atoms with van der Waals surface area (Å²) < 4.78 is 37.1. The van der Waals surface area contributed by atoms with E-state index in [1.165, 1.54) is 6.08 Å². The van der Waals surface area contributed by atoms with E-state index in [-0.39, 0.29) is 0 Å². The summed E-state index contributed by atoms with van der Waals surface area (Å²) >= 11 is 0. The maximum absolute atomic E-state index is 12.4. The lowest BCUT2D eigenvalue weighted by Crippen LogP contribution is -2.42. The molecule has 0 aromatic rings. The number of nitrogens with one attached hydrogen (secondary N) is 1. The molecule has 14 heavy (non-hydrogen) atoms. The van der Waals surface area contributed by atoms with Gasteiger partial charge in [-0.3, -0.25) is 0 Å². The van der Waals surface area contributed by atoms with Gasteiger partial charge in [-0.2, -0.15) is 13.2 Å². The maximum atomic E-state index is 12.4. The van der Waals surface area contributed by atoms with Crippen molar-refractivity contribution in [2.75, 3.05) is 0 Å². The van der Waals surface area contributed by atoms with Gasteiger partial charge in [-0.05, 0) is 31.3 Å². The molecule has 0 fully saturated rings. The fourth-order valence-corrected chi connectivity index (χ4v) is 1.92. The summed E-state index contributed by atoms with van der Waals surface area (Å²) in [6, 6.07) is -1.49. The van der Waals surface area contributed by atoms with Crippen LogP contribution in [0.15, 0.2) is 23.4 Å². The molecule has 0 saturated carbocycles. The summed E-state index contributed by atoms with van der Waals surface area (Å²) in [4.78, 5) is 0. The quantitative estimate of drug-likeness (QED) is 0.638. The van der Waals surface area contributed by atoms with E-state index in [1.807, 2.05) is 0 Å². The summed E-state index contributed by atoms with van der Waals surface area (Å²) in [7, 11) is 0. The molecule has 0 spiro atoms. The standard InChI is InChI=1S/C10H12F3N/c11-10(12,13)9-6-5-7-3-1-2-4-8(7)14-9/h5-6,9,14H,1-4H2. The van der Waals surface area contributed by atoms with Gasteiger partial charge in [0.1, 0.15) is 6.04 Å². The van der Waals surface area contributed by atoms with Gasteiger partial charge in [0.2, 0.25) is 0 Å². The lowest BCUT2D eigenvalue weighted by Gasteiger charge is -2.29. The minimum Gasteiger partial charge on any atom is -0.374 e. The number of hydrogen-bond donors (Lipinski definition) is 1. The lowest BCUT2D eigenvalue weighted by molar-refractivity contribution is -0.143. The number of rotatable bonds is 0. The molecule has 4 heteroatoms. The predicted octanol–water partition coefficient (Wildman–Crippen LogP) is 2.90. The summed E-state index contributed by atoms with van der Waals surface area (Å²) in [6.45, 7) is 0. The minimum atomic E-state index is -4.17. The van der Waals surface area contributed by atoms with Gasteiger partial charge < -0.3 is 5.32 Å². The van der Waals surface area contributed by atoms with Gasteiger partial charge in [0.05, 0.1) is 0 Å². The van der Waals surface area contributed by atoms with Crippen LogP contribution in [0, 0.1) is 0 Å². The van der Waals surface area contributed by atoms with Crippen LogP contribution < -0.4 is 5.32 Å². The molecule has 1 heterocycles. The van der Waals surface area contributed by atoms with Gasteiger partial charge in [-0.25, -0.2) is 0 Å². The van der Waals surface area contributed by atoms with E-state index in [4.69, 9.17) is 0 Å². The Morgan fingerprint density at radius 1 is 1.21 bits per heavy atom. The Kier molecular flexibility index (Phi) is 2.29. The van der Waals surface area contributed by atoms with Crippen LogP contribution in [0.3, 0.4) is 0 Å².